The number of aromatic amines is 1. The maximum absolute atomic E-state index is 14.0. The SMILES string of the molecule is C[C@H](c1c[nH]c2ccccc12)[C@@H](NC(=O)N1CCC(c2ccccc2)CC1)C(=O)Nc1cccc(CN2CCCCC2)c1. The number of piperidine rings is 2. The van der Waals surface area contributed by atoms with Gasteiger partial charge in [-0.25, -0.2) is 4.79 Å². The predicted octanol–water partition coefficient (Wildman–Crippen LogP) is 6.85. The molecule has 2 atom stereocenters. The molecule has 1 aromatic heterocycles. The van der Waals surface area contributed by atoms with E-state index < -0.39 is 6.04 Å². The number of rotatable bonds is 8. The van der Waals surface area contributed by atoms with Crippen molar-refractivity contribution in [3.05, 3.63) is 102 Å². The van der Waals surface area contributed by atoms with Gasteiger partial charge in [0.2, 0.25) is 5.91 Å². The number of carbonyl (C=O) groups excluding carboxylic acids is 2. The van der Waals surface area contributed by atoms with E-state index in [-0.39, 0.29) is 17.9 Å². The summed E-state index contributed by atoms with van der Waals surface area (Å²) >= 11 is 0. The third kappa shape index (κ3) is 6.94. The molecule has 0 bridgehead atoms. The molecule has 224 valence electrons. The van der Waals surface area contributed by atoms with Crippen LogP contribution in [-0.2, 0) is 11.3 Å². The van der Waals surface area contributed by atoms with Crippen LogP contribution in [0.4, 0.5) is 10.5 Å². The standard InChI is InChI=1S/C36H43N5O2/c1-26(32-24-37-33-16-7-6-15-31(32)33)34(39-36(43)41-21-17-29(18-22-41)28-12-4-2-5-13-28)35(42)38-30-14-10-11-27(23-30)25-40-19-8-3-9-20-40/h2,4-7,10-16,23-24,26,29,34,37H,3,8-9,17-22,25H2,1H3,(H,38,42)(H,39,43)/t26-,34-/m1/s1. The minimum absolute atomic E-state index is 0.183. The van der Waals surface area contributed by atoms with Crippen molar-refractivity contribution in [1.29, 1.82) is 0 Å². The minimum atomic E-state index is -0.746. The zero-order chi connectivity index (χ0) is 29.6. The lowest BCUT2D eigenvalue weighted by Gasteiger charge is -2.34. The Morgan fingerprint density at radius 2 is 1.63 bits per heavy atom. The third-order valence-corrected chi connectivity index (χ3v) is 9.28. The van der Waals surface area contributed by atoms with Crippen molar-refractivity contribution < 1.29 is 9.59 Å². The van der Waals surface area contributed by atoms with Crippen LogP contribution in [0.25, 0.3) is 10.9 Å². The largest absolute Gasteiger partial charge is 0.361 e. The van der Waals surface area contributed by atoms with Crippen LogP contribution in [-0.4, -0.2) is 58.9 Å². The summed E-state index contributed by atoms with van der Waals surface area (Å²) in [5.74, 6) is -0.00869. The molecule has 3 N–H and O–H groups in total. The number of nitrogens with zero attached hydrogens (tertiary/aromatic N) is 2. The van der Waals surface area contributed by atoms with E-state index in [1.54, 1.807) is 0 Å². The highest BCUT2D eigenvalue weighted by Crippen LogP contribution is 2.30. The van der Waals surface area contributed by atoms with Crippen molar-refractivity contribution in [1.82, 2.24) is 20.1 Å². The zero-order valence-corrected chi connectivity index (χ0v) is 25.1. The normalized spacial score (nSPS) is 17.8. The fourth-order valence-corrected chi connectivity index (χ4v) is 6.78. The molecule has 43 heavy (non-hydrogen) atoms. The van der Waals surface area contributed by atoms with Crippen LogP contribution in [0.3, 0.4) is 0 Å². The molecule has 3 aromatic carbocycles. The van der Waals surface area contributed by atoms with Gasteiger partial charge in [0.15, 0.2) is 0 Å². The number of amides is 3. The number of para-hydroxylation sites is 1. The fraction of sp³-hybridized carbons (Fsp3) is 0.389. The number of fused-ring (bicyclic) bond motifs is 1. The Labute approximate surface area is 254 Å². The van der Waals surface area contributed by atoms with E-state index in [4.69, 9.17) is 0 Å². The van der Waals surface area contributed by atoms with Crippen LogP contribution < -0.4 is 10.6 Å². The number of urea groups is 1. The van der Waals surface area contributed by atoms with E-state index in [0.717, 1.165) is 54.6 Å². The molecule has 3 amide bonds. The summed E-state index contributed by atoms with van der Waals surface area (Å²) in [7, 11) is 0. The highest BCUT2D eigenvalue weighted by molar-refractivity contribution is 5.98. The van der Waals surface area contributed by atoms with Gasteiger partial charge < -0.3 is 20.5 Å². The Morgan fingerprint density at radius 3 is 2.42 bits per heavy atom. The zero-order valence-electron chi connectivity index (χ0n) is 25.1. The van der Waals surface area contributed by atoms with Crippen molar-refractivity contribution >= 4 is 28.5 Å². The van der Waals surface area contributed by atoms with Gasteiger partial charge in [-0.3, -0.25) is 9.69 Å². The van der Waals surface area contributed by atoms with Crippen LogP contribution in [0.5, 0.6) is 0 Å². The first-order chi connectivity index (χ1) is 21.0. The van der Waals surface area contributed by atoms with Crippen LogP contribution in [0.1, 0.15) is 67.6 Å². The van der Waals surface area contributed by atoms with Crippen LogP contribution >= 0.6 is 0 Å². The number of anilines is 1. The van der Waals surface area contributed by atoms with Gasteiger partial charge in [0.25, 0.3) is 0 Å². The summed E-state index contributed by atoms with van der Waals surface area (Å²) in [5, 5.41) is 7.36. The van der Waals surface area contributed by atoms with E-state index in [9.17, 15) is 9.59 Å². The smallest absolute Gasteiger partial charge is 0.318 e. The van der Waals surface area contributed by atoms with Gasteiger partial charge in [0.05, 0.1) is 0 Å². The van der Waals surface area contributed by atoms with Crippen molar-refractivity contribution in [3.63, 3.8) is 0 Å². The molecule has 2 saturated heterocycles. The molecule has 0 radical (unpaired) electrons. The van der Waals surface area contributed by atoms with E-state index >= 15 is 0 Å². The van der Waals surface area contributed by atoms with Gasteiger partial charge in [-0.05, 0) is 79.6 Å². The van der Waals surface area contributed by atoms with Gasteiger partial charge >= 0.3 is 6.03 Å². The van der Waals surface area contributed by atoms with Gasteiger partial charge in [-0.15, -0.1) is 0 Å². The first kappa shape index (κ1) is 29.0. The molecular formula is C36H43N5O2. The summed E-state index contributed by atoms with van der Waals surface area (Å²) in [4.78, 5) is 35.3. The monoisotopic (exact) mass is 577 g/mol. The number of nitrogens with one attached hydrogen (secondary N) is 3. The van der Waals surface area contributed by atoms with Crippen molar-refractivity contribution in [3.8, 4) is 0 Å². The quantitative estimate of drug-likeness (QED) is 0.214. The topological polar surface area (TPSA) is 80.5 Å². The molecule has 6 rings (SSSR count). The van der Waals surface area contributed by atoms with Crippen molar-refractivity contribution in [2.45, 2.75) is 63.5 Å². The molecule has 2 aliphatic heterocycles. The van der Waals surface area contributed by atoms with Crippen LogP contribution in [0, 0.1) is 0 Å². The lowest BCUT2D eigenvalue weighted by atomic mass is 9.89. The van der Waals surface area contributed by atoms with Gasteiger partial charge in [-0.1, -0.05) is 74.0 Å². The summed E-state index contributed by atoms with van der Waals surface area (Å²) in [6.07, 6.45) is 7.58. The lowest BCUT2D eigenvalue weighted by Crippen LogP contribution is -2.53. The second-order valence-corrected chi connectivity index (χ2v) is 12.2. The third-order valence-electron chi connectivity index (χ3n) is 9.28. The maximum atomic E-state index is 14.0. The number of H-pyrrole nitrogens is 1. The Kier molecular flexibility index (Phi) is 9.08. The molecule has 2 aliphatic rings. The summed E-state index contributed by atoms with van der Waals surface area (Å²) in [6, 6.07) is 25.8. The Bertz CT molecular complexity index is 1520. The van der Waals surface area contributed by atoms with E-state index in [1.807, 2.05) is 54.4 Å². The highest BCUT2D eigenvalue weighted by Gasteiger charge is 2.32. The molecule has 0 saturated carbocycles. The van der Waals surface area contributed by atoms with Crippen LogP contribution in [0.2, 0.25) is 0 Å². The number of carbonyl (C=O) groups is 2. The molecule has 3 heterocycles. The molecule has 2 fully saturated rings. The van der Waals surface area contributed by atoms with Crippen molar-refractivity contribution in [2.75, 3.05) is 31.5 Å². The van der Waals surface area contributed by atoms with Gasteiger partial charge in [-0.2, -0.15) is 0 Å². The minimum Gasteiger partial charge on any atom is -0.361 e. The Hall–Kier alpha value is -4.10. The summed E-state index contributed by atoms with van der Waals surface area (Å²) < 4.78 is 0. The average Bonchev–Trinajstić information content (AvgIpc) is 3.49. The number of benzene rings is 3. The van der Waals surface area contributed by atoms with Crippen LogP contribution in [0.15, 0.2) is 85.1 Å². The molecule has 7 nitrogen and oxygen atoms in total. The lowest BCUT2D eigenvalue weighted by molar-refractivity contribution is -0.118. The molecule has 0 spiro atoms. The summed E-state index contributed by atoms with van der Waals surface area (Å²) in [5.41, 5.74) is 5.30. The molecule has 4 aromatic rings. The number of likely N-dealkylation sites (tertiary alicyclic amines) is 2. The maximum Gasteiger partial charge on any atom is 0.318 e. The molecular weight excluding hydrogens is 534 g/mol. The van der Waals surface area contributed by atoms with Gasteiger partial charge in [0.1, 0.15) is 6.04 Å². The second-order valence-electron chi connectivity index (χ2n) is 12.2. The van der Waals surface area contributed by atoms with E-state index in [2.05, 4.69) is 63.0 Å². The summed E-state index contributed by atoms with van der Waals surface area (Å²) in [6.45, 7) is 6.48. The molecule has 0 aliphatic carbocycles. The number of aromatic nitrogens is 1. The molecule has 7 heteroatoms. The number of hydrogen-bond donors (Lipinski definition) is 3. The van der Waals surface area contributed by atoms with Crippen molar-refractivity contribution in [2.24, 2.45) is 0 Å². The average molecular weight is 578 g/mol. The second kappa shape index (κ2) is 13.5. The highest BCUT2D eigenvalue weighted by atomic mass is 16.2. The first-order valence-electron chi connectivity index (χ1n) is 15.8. The van der Waals surface area contributed by atoms with E-state index in [1.165, 1.54) is 30.4 Å². The first-order valence-corrected chi connectivity index (χ1v) is 15.8. The molecule has 0 unspecified atom stereocenters. The Balaban J connectivity index is 1.18. The van der Waals surface area contributed by atoms with Gasteiger partial charge in [0, 0.05) is 48.3 Å². The Morgan fingerprint density at radius 1 is 0.884 bits per heavy atom. The fourth-order valence-electron chi connectivity index (χ4n) is 6.78. The van der Waals surface area contributed by atoms with E-state index in [0.29, 0.717) is 19.0 Å². The predicted molar refractivity (Wildman–Crippen MR) is 173 cm³/mol. The number of hydrogen-bond acceptors (Lipinski definition) is 3.